The molecule has 1 amide bonds. The summed E-state index contributed by atoms with van der Waals surface area (Å²) in [6, 6.07) is 1.91. The van der Waals surface area contributed by atoms with Gasteiger partial charge in [-0.2, -0.15) is 0 Å². The fourth-order valence-electron chi connectivity index (χ4n) is 2.89. The molecule has 0 N–H and O–H groups in total. The minimum absolute atomic E-state index is 0.0387. The van der Waals surface area contributed by atoms with Gasteiger partial charge in [0.2, 0.25) is 0 Å². The van der Waals surface area contributed by atoms with Crippen LogP contribution in [0.15, 0.2) is 15.1 Å². The molecule has 2 aromatic rings. The average molecular weight is 289 g/mol. The van der Waals surface area contributed by atoms with E-state index in [4.69, 9.17) is 9.05 Å². The summed E-state index contributed by atoms with van der Waals surface area (Å²) in [5.41, 5.74) is 2.12. The van der Waals surface area contributed by atoms with Crippen LogP contribution in [-0.2, 0) is 6.42 Å². The third kappa shape index (κ3) is 2.34. The molecule has 2 aromatic heterocycles. The summed E-state index contributed by atoms with van der Waals surface area (Å²) in [6.07, 6.45) is 2.68. The number of amides is 1. The van der Waals surface area contributed by atoms with E-state index in [-0.39, 0.29) is 11.9 Å². The molecule has 0 saturated carbocycles. The summed E-state index contributed by atoms with van der Waals surface area (Å²) < 4.78 is 10.5. The number of aromatic nitrogens is 2. The van der Waals surface area contributed by atoms with E-state index in [9.17, 15) is 4.79 Å². The Labute approximate surface area is 123 Å². The van der Waals surface area contributed by atoms with E-state index in [1.54, 1.807) is 13.8 Å². The van der Waals surface area contributed by atoms with Crippen LogP contribution in [0.2, 0.25) is 0 Å². The Balaban J connectivity index is 1.88. The van der Waals surface area contributed by atoms with Crippen molar-refractivity contribution in [3.05, 3.63) is 34.5 Å². The van der Waals surface area contributed by atoms with E-state index < -0.39 is 0 Å². The third-order valence-corrected chi connectivity index (χ3v) is 4.03. The molecule has 21 heavy (non-hydrogen) atoms. The van der Waals surface area contributed by atoms with Crippen molar-refractivity contribution < 1.29 is 13.8 Å². The van der Waals surface area contributed by atoms with E-state index >= 15 is 0 Å². The summed E-state index contributed by atoms with van der Waals surface area (Å²) in [6.45, 7) is 6.30. The number of rotatable bonds is 3. The Morgan fingerprint density at radius 3 is 2.81 bits per heavy atom. The normalized spacial score (nSPS) is 18.4. The molecule has 6 nitrogen and oxygen atoms in total. The van der Waals surface area contributed by atoms with Crippen LogP contribution in [0.4, 0.5) is 0 Å². The van der Waals surface area contributed by atoms with Gasteiger partial charge in [-0.1, -0.05) is 17.2 Å². The standard InChI is InChI=1S/C15H19N3O3/c1-4-11-8-13(21-17-11)12-6-5-7-18(12)15(19)14-9(2)16-20-10(14)3/h8,12H,4-7H2,1-3H3/t12-/m1/s1. The van der Waals surface area contributed by atoms with Crippen molar-refractivity contribution in [1.29, 1.82) is 0 Å². The Kier molecular flexibility index (Phi) is 3.53. The number of carbonyl (C=O) groups excluding carboxylic acids is 1. The first-order chi connectivity index (χ1) is 10.1. The third-order valence-electron chi connectivity index (χ3n) is 4.03. The lowest BCUT2D eigenvalue weighted by Crippen LogP contribution is -2.31. The number of likely N-dealkylation sites (tertiary alicyclic amines) is 1. The second kappa shape index (κ2) is 5.35. The van der Waals surface area contributed by atoms with Gasteiger partial charge in [0.15, 0.2) is 5.76 Å². The maximum atomic E-state index is 12.8. The number of carbonyl (C=O) groups is 1. The smallest absolute Gasteiger partial charge is 0.259 e. The molecule has 0 radical (unpaired) electrons. The molecular formula is C15H19N3O3. The molecule has 3 heterocycles. The van der Waals surface area contributed by atoms with E-state index in [1.807, 2.05) is 17.9 Å². The van der Waals surface area contributed by atoms with Gasteiger partial charge < -0.3 is 13.9 Å². The Morgan fingerprint density at radius 1 is 1.38 bits per heavy atom. The fraction of sp³-hybridized carbons (Fsp3) is 0.533. The summed E-state index contributed by atoms with van der Waals surface area (Å²) in [5.74, 6) is 1.29. The maximum Gasteiger partial charge on any atom is 0.259 e. The monoisotopic (exact) mass is 289 g/mol. The number of nitrogens with zero attached hydrogens (tertiary/aromatic N) is 3. The molecule has 0 bridgehead atoms. The quantitative estimate of drug-likeness (QED) is 0.868. The Bertz CT molecular complexity index is 639. The largest absolute Gasteiger partial charge is 0.361 e. The van der Waals surface area contributed by atoms with Crippen LogP contribution in [0, 0.1) is 13.8 Å². The second-order valence-electron chi connectivity index (χ2n) is 5.43. The zero-order chi connectivity index (χ0) is 15.0. The van der Waals surface area contributed by atoms with Gasteiger partial charge in [-0.15, -0.1) is 0 Å². The van der Waals surface area contributed by atoms with Crippen LogP contribution in [0.3, 0.4) is 0 Å². The SMILES string of the molecule is CCc1cc([C@H]2CCCN2C(=O)c2c(C)noc2C)on1. The van der Waals surface area contributed by atoms with Gasteiger partial charge in [0.05, 0.1) is 17.4 Å². The highest BCUT2D eigenvalue weighted by Gasteiger charge is 2.35. The van der Waals surface area contributed by atoms with Crippen molar-refractivity contribution in [2.24, 2.45) is 0 Å². The van der Waals surface area contributed by atoms with Crippen molar-refractivity contribution >= 4 is 5.91 Å². The molecule has 1 aliphatic rings. The average Bonchev–Trinajstić information content (AvgIpc) is 3.17. The zero-order valence-corrected chi connectivity index (χ0v) is 12.5. The summed E-state index contributed by atoms with van der Waals surface area (Å²) in [4.78, 5) is 14.6. The van der Waals surface area contributed by atoms with E-state index in [0.29, 0.717) is 17.0 Å². The lowest BCUT2D eigenvalue weighted by atomic mass is 10.1. The molecular weight excluding hydrogens is 270 g/mol. The lowest BCUT2D eigenvalue weighted by molar-refractivity contribution is 0.0712. The van der Waals surface area contributed by atoms with Crippen LogP contribution < -0.4 is 0 Å². The van der Waals surface area contributed by atoms with Gasteiger partial charge >= 0.3 is 0 Å². The first-order valence-corrected chi connectivity index (χ1v) is 7.31. The minimum Gasteiger partial charge on any atom is -0.361 e. The highest BCUT2D eigenvalue weighted by molar-refractivity contribution is 5.96. The van der Waals surface area contributed by atoms with Crippen LogP contribution in [-0.4, -0.2) is 27.7 Å². The topological polar surface area (TPSA) is 72.4 Å². The first kappa shape index (κ1) is 13.9. The fourth-order valence-corrected chi connectivity index (χ4v) is 2.89. The van der Waals surface area contributed by atoms with Crippen LogP contribution in [0.5, 0.6) is 0 Å². The molecule has 1 atom stereocenters. The highest BCUT2D eigenvalue weighted by Crippen LogP contribution is 2.34. The van der Waals surface area contributed by atoms with Crippen molar-refractivity contribution in [1.82, 2.24) is 15.2 Å². The molecule has 1 saturated heterocycles. The second-order valence-corrected chi connectivity index (χ2v) is 5.43. The van der Waals surface area contributed by atoms with Crippen LogP contribution in [0.1, 0.15) is 59.1 Å². The molecule has 0 aliphatic carbocycles. The van der Waals surface area contributed by atoms with Gasteiger partial charge in [0.1, 0.15) is 11.3 Å². The van der Waals surface area contributed by atoms with Crippen molar-refractivity contribution in [3.8, 4) is 0 Å². The molecule has 1 fully saturated rings. The van der Waals surface area contributed by atoms with E-state index in [0.717, 1.165) is 37.3 Å². The maximum absolute atomic E-state index is 12.8. The molecule has 0 unspecified atom stereocenters. The number of hydrogen-bond acceptors (Lipinski definition) is 5. The first-order valence-electron chi connectivity index (χ1n) is 7.31. The van der Waals surface area contributed by atoms with Crippen LogP contribution in [0.25, 0.3) is 0 Å². The van der Waals surface area contributed by atoms with Gasteiger partial charge in [0.25, 0.3) is 5.91 Å². The van der Waals surface area contributed by atoms with E-state index in [2.05, 4.69) is 10.3 Å². The molecule has 3 rings (SSSR count). The molecule has 0 spiro atoms. The van der Waals surface area contributed by atoms with Gasteiger partial charge in [-0.05, 0) is 33.1 Å². The van der Waals surface area contributed by atoms with Gasteiger partial charge in [0, 0.05) is 12.6 Å². The summed E-state index contributed by atoms with van der Waals surface area (Å²) in [7, 11) is 0. The predicted octanol–water partition coefficient (Wildman–Crippen LogP) is 2.82. The highest BCUT2D eigenvalue weighted by atomic mass is 16.5. The van der Waals surface area contributed by atoms with Crippen LogP contribution >= 0.6 is 0 Å². The molecule has 112 valence electrons. The van der Waals surface area contributed by atoms with Crippen molar-refractivity contribution in [2.75, 3.05) is 6.54 Å². The Morgan fingerprint density at radius 2 is 2.19 bits per heavy atom. The zero-order valence-electron chi connectivity index (χ0n) is 12.5. The predicted molar refractivity (Wildman–Crippen MR) is 74.9 cm³/mol. The number of aryl methyl sites for hydroxylation is 3. The van der Waals surface area contributed by atoms with E-state index in [1.165, 1.54) is 0 Å². The molecule has 1 aliphatic heterocycles. The van der Waals surface area contributed by atoms with Crippen molar-refractivity contribution in [2.45, 2.75) is 46.1 Å². The van der Waals surface area contributed by atoms with Crippen molar-refractivity contribution in [3.63, 3.8) is 0 Å². The van der Waals surface area contributed by atoms with Gasteiger partial charge in [-0.3, -0.25) is 4.79 Å². The Hall–Kier alpha value is -2.11. The van der Waals surface area contributed by atoms with Gasteiger partial charge in [-0.25, -0.2) is 0 Å². The lowest BCUT2D eigenvalue weighted by Gasteiger charge is -2.22. The minimum atomic E-state index is -0.0426. The summed E-state index contributed by atoms with van der Waals surface area (Å²) in [5, 5.41) is 7.89. The number of hydrogen-bond donors (Lipinski definition) is 0. The molecule has 0 aromatic carbocycles. The summed E-state index contributed by atoms with van der Waals surface area (Å²) >= 11 is 0. The molecule has 6 heteroatoms.